The van der Waals surface area contributed by atoms with Gasteiger partial charge in [0.2, 0.25) is 0 Å². The van der Waals surface area contributed by atoms with Crippen molar-refractivity contribution in [2.24, 2.45) is 0 Å². The lowest BCUT2D eigenvalue weighted by Crippen LogP contribution is -2.10. The molecule has 0 unspecified atom stereocenters. The van der Waals surface area contributed by atoms with Crippen LogP contribution in [-0.2, 0) is 0 Å². The molecule has 0 aliphatic heterocycles. The van der Waals surface area contributed by atoms with E-state index in [-0.39, 0.29) is 5.56 Å². The second-order valence-corrected chi connectivity index (χ2v) is 5.72. The summed E-state index contributed by atoms with van der Waals surface area (Å²) >= 11 is 1.69. The third kappa shape index (κ3) is 1.78. The highest BCUT2D eigenvalue weighted by Crippen LogP contribution is 2.32. The summed E-state index contributed by atoms with van der Waals surface area (Å²) in [6.07, 6.45) is 0. The molecule has 2 rings (SSSR count). The number of rotatable bonds is 2. The van der Waals surface area contributed by atoms with E-state index in [1.807, 2.05) is 6.07 Å². The fourth-order valence-corrected chi connectivity index (χ4v) is 2.96. The van der Waals surface area contributed by atoms with E-state index in [1.165, 1.54) is 4.88 Å². The molecule has 86 valence electrons. The van der Waals surface area contributed by atoms with Crippen LogP contribution in [0.5, 0.6) is 0 Å². The van der Waals surface area contributed by atoms with Gasteiger partial charge in [0.15, 0.2) is 0 Å². The zero-order valence-electron chi connectivity index (χ0n) is 10.00. The molecule has 4 heteroatoms. The summed E-state index contributed by atoms with van der Waals surface area (Å²) < 4.78 is 1.04. The Kier molecular flexibility index (Phi) is 2.84. The molecule has 0 aliphatic rings. The van der Waals surface area contributed by atoms with Gasteiger partial charge in [0.05, 0.1) is 15.8 Å². The van der Waals surface area contributed by atoms with E-state index >= 15 is 0 Å². The van der Waals surface area contributed by atoms with Crippen molar-refractivity contribution in [3.63, 3.8) is 0 Å². The summed E-state index contributed by atoms with van der Waals surface area (Å²) in [5, 5.41) is 7.51. The average Bonchev–Trinajstić information content (AvgIpc) is 2.62. The predicted molar refractivity (Wildman–Crippen MR) is 68.4 cm³/mol. The second kappa shape index (κ2) is 4.01. The number of hydrogen-bond donors (Lipinski definition) is 1. The van der Waals surface area contributed by atoms with E-state index in [2.05, 4.69) is 37.9 Å². The fraction of sp³-hybridized carbons (Fsp3) is 0.500. The Morgan fingerprint density at radius 2 is 1.94 bits per heavy atom. The van der Waals surface area contributed by atoms with E-state index < -0.39 is 0 Å². The van der Waals surface area contributed by atoms with Crippen LogP contribution in [-0.4, -0.2) is 10.2 Å². The SMILES string of the molecule is CC(C)c1cc2c(=O)[nH]nc(C(C)C)c2s1. The molecule has 0 atom stereocenters. The molecule has 2 aromatic heterocycles. The van der Waals surface area contributed by atoms with Gasteiger partial charge >= 0.3 is 0 Å². The monoisotopic (exact) mass is 236 g/mol. The number of hydrogen-bond acceptors (Lipinski definition) is 3. The number of fused-ring (bicyclic) bond motifs is 1. The number of nitrogens with one attached hydrogen (secondary N) is 1. The fourth-order valence-electron chi connectivity index (χ4n) is 1.67. The Balaban J connectivity index is 2.78. The molecule has 0 saturated heterocycles. The minimum absolute atomic E-state index is 0.0810. The maximum Gasteiger partial charge on any atom is 0.272 e. The minimum Gasteiger partial charge on any atom is -0.267 e. The van der Waals surface area contributed by atoms with E-state index in [4.69, 9.17) is 0 Å². The Morgan fingerprint density at radius 1 is 1.25 bits per heavy atom. The van der Waals surface area contributed by atoms with Crippen LogP contribution < -0.4 is 5.56 Å². The van der Waals surface area contributed by atoms with Crippen LogP contribution in [0, 0.1) is 0 Å². The van der Waals surface area contributed by atoms with Gasteiger partial charge in [0.25, 0.3) is 5.56 Å². The van der Waals surface area contributed by atoms with Crippen molar-refractivity contribution in [2.75, 3.05) is 0 Å². The van der Waals surface area contributed by atoms with Gasteiger partial charge in [0, 0.05) is 4.88 Å². The smallest absolute Gasteiger partial charge is 0.267 e. The topological polar surface area (TPSA) is 45.8 Å². The van der Waals surface area contributed by atoms with Crippen molar-refractivity contribution in [1.82, 2.24) is 10.2 Å². The molecule has 2 aromatic rings. The minimum atomic E-state index is -0.0810. The third-order valence-corrected chi connectivity index (χ3v) is 4.08. The lowest BCUT2D eigenvalue weighted by molar-refractivity contribution is 0.795. The number of thiophene rings is 1. The number of H-pyrrole nitrogens is 1. The third-order valence-electron chi connectivity index (χ3n) is 2.62. The Labute approximate surface area is 98.5 Å². The van der Waals surface area contributed by atoms with Crippen molar-refractivity contribution in [3.05, 3.63) is 27.0 Å². The molecule has 1 N–H and O–H groups in total. The normalized spacial score (nSPS) is 11.9. The van der Waals surface area contributed by atoms with Crippen molar-refractivity contribution in [2.45, 2.75) is 39.5 Å². The zero-order valence-corrected chi connectivity index (χ0v) is 10.8. The van der Waals surface area contributed by atoms with Crippen LogP contribution in [0.4, 0.5) is 0 Å². The number of aromatic amines is 1. The molecule has 0 radical (unpaired) electrons. The molecule has 0 aromatic carbocycles. The van der Waals surface area contributed by atoms with Crippen molar-refractivity contribution >= 4 is 21.4 Å². The molecular formula is C12H16N2OS. The van der Waals surface area contributed by atoms with Gasteiger partial charge in [-0.2, -0.15) is 5.10 Å². The van der Waals surface area contributed by atoms with Crippen LogP contribution in [0.25, 0.3) is 10.1 Å². The maximum atomic E-state index is 11.7. The maximum absolute atomic E-state index is 11.7. The standard InChI is InChI=1S/C12H16N2OS/c1-6(2)9-5-8-11(16-9)10(7(3)4)13-14-12(8)15/h5-7H,1-4H3,(H,14,15). The van der Waals surface area contributed by atoms with Crippen LogP contribution in [0.2, 0.25) is 0 Å². The Bertz CT molecular complexity index is 566. The second-order valence-electron chi connectivity index (χ2n) is 4.64. The molecule has 0 aliphatic carbocycles. The lowest BCUT2D eigenvalue weighted by Gasteiger charge is -2.03. The molecule has 0 bridgehead atoms. The molecule has 16 heavy (non-hydrogen) atoms. The van der Waals surface area contributed by atoms with Gasteiger partial charge in [-0.15, -0.1) is 11.3 Å². The molecule has 0 saturated carbocycles. The summed E-state index contributed by atoms with van der Waals surface area (Å²) in [6.45, 7) is 8.46. The van der Waals surface area contributed by atoms with Crippen molar-refractivity contribution < 1.29 is 0 Å². The van der Waals surface area contributed by atoms with E-state index in [1.54, 1.807) is 11.3 Å². The Hall–Kier alpha value is -1.16. The summed E-state index contributed by atoms with van der Waals surface area (Å²) in [4.78, 5) is 12.9. The van der Waals surface area contributed by atoms with Crippen LogP contribution in [0.15, 0.2) is 10.9 Å². The van der Waals surface area contributed by atoms with E-state index in [0.29, 0.717) is 11.8 Å². The summed E-state index contributed by atoms with van der Waals surface area (Å²) in [5.41, 5.74) is 0.911. The quantitative estimate of drug-likeness (QED) is 0.870. The van der Waals surface area contributed by atoms with E-state index in [0.717, 1.165) is 15.8 Å². The number of nitrogens with zero attached hydrogens (tertiary/aromatic N) is 1. The highest BCUT2D eigenvalue weighted by atomic mass is 32.1. The summed E-state index contributed by atoms with van der Waals surface area (Å²) in [5.74, 6) is 0.787. The van der Waals surface area contributed by atoms with Crippen LogP contribution in [0.1, 0.15) is 50.1 Å². The van der Waals surface area contributed by atoms with Gasteiger partial charge in [0.1, 0.15) is 0 Å². The zero-order chi connectivity index (χ0) is 11.9. The highest BCUT2D eigenvalue weighted by molar-refractivity contribution is 7.19. The molecular weight excluding hydrogens is 220 g/mol. The largest absolute Gasteiger partial charge is 0.272 e. The molecule has 2 heterocycles. The predicted octanol–water partition coefficient (Wildman–Crippen LogP) is 3.23. The first-order valence-electron chi connectivity index (χ1n) is 5.52. The highest BCUT2D eigenvalue weighted by Gasteiger charge is 2.14. The summed E-state index contributed by atoms with van der Waals surface area (Å²) in [7, 11) is 0. The van der Waals surface area contributed by atoms with E-state index in [9.17, 15) is 4.79 Å². The van der Waals surface area contributed by atoms with Gasteiger partial charge in [-0.25, -0.2) is 5.10 Å². The van der Waals surface area contributed by atoms with Gasteiger partial charge in [-0.3, -0.25) is 4.79 Å². The first kappa shape index (κ1) is 11.3. The molecule has 3 nitrogen and oxygen atoms in total. The van der Waals surface area contributed by atoms with Gasteiger partial charge in [-0.1, -0.05) is 27.7 Å². The lowest BCUT2D eigenvalue weighted by atomic mass is 10.1. The molecule has 0 spiro atoms. The number of aromatic nitrogens is 2. The van der Waals surface area contributed by atoms with Gasteiger partial charge < -0.3 is 0 Å². The van der Waals surface area contributed by atoms with Crippen molar-refractivity contribution in [1.29, 1.82) is 0 Å². The van der Waals surface area contributed by atoms with Gasteiger partial charge in [-0.05, 0) is 17.9 Å². The van der Waals surface area contributed by atoms with Crippen molar-refractivity contribution in [3.8, 4) is 0 Å². The first-order valence-corrected chi connectivity index (χ1v) is 6.34. The van der Waals surface area contributed by atoms with Crippen LogP contribution in [0.3, 0.4) is 0 Å². The average molecular weight is 236 g/mol. The summed E-state index contributed by atoms with van der Waals surface area (Å²) in [6, 6.07) is 2.00. The first-order chi connectivity index (χ1) is 7.50. The Morgan fingerprint density at radius 3 is 2.50 bits per heavy atom. The molecule has 0 fully saturated rings. The molecule has 0 amide bonds. The van der Waals surface area contributed by atoms with Crippen LogP contribution >= 0.6 is 11.3 Å².